The van der Waals surface area contributed by atoms with E-state index in [0.29, 0.717) is 5.92 Å². The number of nitrogens with zero attached hydrogens (tertiary/aromatic N) is 1. The Bertz CT molecular complexity index is 99.9. The maximum Gasteiger partial charge on any atom is 0.0655 e. The monoisotopic (exact) mass is 155 g/mol. The molecule has 0 aromatic heterocycles. The van der Waals surface area contributed by atoms with E-state index in [1.54, 1.807) is 0 Å². The average molecular weight is 155 g/mol. The van der Waals surface area contributed by atoms with E-state index in [1.807, 2.05) is 13.8 Å². The summed E-state index contributed by atoms with van der Waals surface area (Å²) in [4.78, 5) is 0. The Hall–Kier alpha value is -0.510. The molecule has 11 heavy (non-hydrogen) atoms. The van der Waals surface area contributed by atoms with Crippen LogP contribution in [0.25, 0.3) is 0 Å². The minimum atomic E-state index is 0.282. The molecule has 0 N–H and O–H groups in total. The van der Waals surface area contributed by atoms with Gasteiger partial charge in [-0.15, -0.1) is 0 Å². The Kier molecular flexibility index (Phi) is 11.3. The molecular weight excluding hydrogens is 134 g/mol. The standard InChI is InChI=1S/C8H15N.C2H6/c1-4-8(6-9)5-7(2)3;1-2/h7-8H,4-5H2,1-3H3;1-2H3. The van der Waals surface area contributed by atoms with Crippen LogP contribution in [0.1, 0.15) is 47.5 Å². The highest BCUT2D eigenvalue weighted by atomic mass is 14.3. The van der Waals surface area contributed by atoms with Crippen molar-refractivity contribution in [3.63, 3.8) is 0 Å². The van der Waals surface area contributed by atoms with Crippen molar-refractivity contribution < 1.29 is 0 Å². The lowest BCUT2D eigenvalue weighted by Gasteiger charge is -2.07. The van der Waals surface area contributed by atoms with Crippen LogP contribution in [-0.2, 0) is 0 Å². The van der Waals surface area contributed by atoms with E-state index in [-0.39, 0.29) is 5.92 Å². The molecule has 0 aliphatic carbocycles. The second kappa shape index (κ2) is 9.49. The fourth-order valence-corrected chi connectivity index (χ4v) is 0.880. The van der Waals surface area contributed by atoms with Gasteiger partial charge in [-0.05, 0) is 18.8 Å². The van der Waals surface area contributed by atoms with Crippen molar-refractivity contribution >= 4 is 0 Å². The van der Waals surface area contributed by atoms with Crippen molar-refractivity contribution in [1.82, 2.24) is 0 Å². The van der Waals surface area contributed by atoms with E-state index >= 15 is 0 Å². The van der Waals surface area contributed by atoms with Crippen molar-refractivity contribution in [2.45, 2.75) is 47.5 Å². The van der Waals surface area contributed by atoms with Crippen molar-refractivity contribution in [3.05, 3.63) is 0 Å². The number of nitriles is 1. The van der Waals surface area contributed by atoms with Gasteiger partial charge in [0.2, 0.25) is 0 Å². The normalized spacial score (nSPS) is 11.4. The first-order valence-corrected chi connectivity index (χ1v) is 4.60. The molecule has 0 aromatic carbocycles. The Morgan fingerprint density at radius 1 is 1.27 bits per heavy atom. The lowest BCUT2D eigenvalue weighted by Crippen LogP contribution is -1.99. The molecule has 0 bridgehead atoms. The SMILES string of the molecule is CC.CCC(C#N)CC(C)C. The van der Waals surface area contributed by atoms with E-state index in [0.717, 1.165) is 12.8 Å². The third-order valence-corrected chi connectivity index (χ3v) is 1.43. The molecule has 66 valence electrons. The minimum Gasteiger partial charge on any atom is -0.198 e. The zero-order valence-corrected chi connectivity index (χ0v) is 8.52. The number of rotatable bonds is 3. The van der Waals surface area contributed by atoms with Crippen molar-refractivity contribution in [3.8, 4) is 6.07 Å². The third kappa shape index (κ3) is 9.49. The molecule has 1 unspecified atom stereocenters. The lowest BCUT2D eigenvalue weighted by atomic mass is 9.96. The van der Waals surface area contributed by atoms with Crippen LogP contribution in [0.4, 0.5) is 0 Å². The van der Waals surface area contributed by atoms with Gasteiger partial charge in [-0.25, -0.2) is 0 Å². The molecule has 0 heterocycles. The molecule has 0 aliphatic rings. The number of hydrogen-bond donors (Lipinski definition) is 0. The zero-order chi connectivity index (χ0) is 9.28. The van der Waals surface area contributed by atoms with Gasteiger partial charge < -0.3 is 0 Å². The van der Waals surface area contributed by atoms with Crippen LogP contribution in [0.5, 0.6) is 0 Å². The molecule has 1 atom stereocenters. The van der Waals surface area contributed by atoms with Gasteiger partial charge in [0.1, 0.15) is 0 Å². The van der Waals surface area contributed by atoms with Crippen LogP contribution >= 0.6 is 0 Å². The average Bonchev–Trinajstić information content (AvgIpc) is 2.03. The van der Waals surface area contributed by atoms with Gasteiger partial charge in [-0.3, -0.25) is 0 Å². The van der Waals surface area contributed by atoms with Gasteiger partial charge in [0.05, 0.1) is 6.07 Å². The zero-order valence-electron chi connectivity index (χ0n) is 8.52. The molecule has 0 aromatic rings. The second-order valence-electron chi connectivity index (χ2n) is 2.86. The van der Waals surface area contributed by atoms with Crippen LogP contribution in [-0.4, -0.2) is 0 Å². The quantitative estimate of drug-likeness (QED) is 0.610. The van der Waals surface area contributed by atoms with E-state index in [1.165, 1.54) is 0 Å². The predicted octanol–water partition coefficient (Wildman–Crippen LogP) is 3.61. The van der Waals surface area contributed by atoms with Crippen molar-refractivity contribution in [2.75, 3.05) is 0 Å². The highest BCUT2D eigenvalue weighted by Crippen LogP contribution is 2.12. The summed E-state index contributed by atoms with van der Waals surface area (Å²) in [6.45, 7) is 10.4. The Morgan fingerprint density at radius 2 is 1.73 bits per heavy atom. The van der Waals surface area contributed by atoms with E-state index < -0.39 is 0 Å². The molecular formula is C10H21N. The molecule has 0 saturated carbocycles. The maximum absolute atomic E-state index is 8.52. The summed E-state index contributed by atoms with van der Waals surface area (Å²) in [5.41, 5.74) is 0. The van der Waals surface area contributed by atoms with Crippen LogP contribution in [0.3, 0.4) is 0 Å². The van der Waals surface area contributed by atoms with Crippen molar-refractivity contribution in [1.29, 1.82) is 5.26 Å². The van der Waals surface area contributed by atoms with Crippen LogP contribution < -0.4 is 0 Å². The third-order valence-electron chi connectivity index (χ3n) is 1.43. The van der Waals surface area contributed by atoms with E-state index in [2.05, 4.69) is 26.8 Å². The van der Waals surface area contributed by atoms with Crippen LogP contribution in [0.2, 0.25) is 0 Å². The fraction of sp³-hybridized carbons (Fsp3) is 0.900. The second-order valence-corrected chi connectivity index (χ2v) is 2.86. The minimum absolute atomic E-state index is 0.282. The predicted molar refractivity (Wildman–Crippen MR) is 50.2 cm³/mol. The molecule has 1 nitrogen and oxygen atoms in total. The van der Waals surface area contributed by atoms with Crippen LogP contribution in [0, 0.1) is 23.2 Å². The largest absolute Gasteiger partial charge is 0.198 e. The fourth-order valence-electron chi connectivity index (χ4n) is 0.880. The topological polar surface area (TPSA) is 23.8 Å². The smallest absolute Gasteiger partial charge is 0.0655 e. The Morgan fingerprint density at radius 3 is 1.82 bits per heavy atom. The first kappa shape index (κ1) is 13.1. The first-order chi connectivity index (χ1) is 5.20. The van der Waals surface area contributed by atoms with Crippen molar-refractivity contribution in [2.24, 2.45) is 11.8 Å². The first-order valence-electron chi connectivity index (χ1n) is 4.60. The molecule has 0 spiro atoms. The van der Waals surface area contributed by atoms with Gasteiger partial charge in [0.25, 0.3) is 0 Å². The lowest BCUT2D eigenvalue weighted by molar-refractivity contribution is 0.473. The van der Waals surface area contributed by atoms with Gasteiger partial charge in [-0.1, -0.05) is 34.6 Å². The van der Waals surface area contributed by atoms with Gasteiger partial charge in [-0.2, -0.15) is 5.26 Å². The van der Waals surface area contributed by atoms with Crippen LogP contribution in [0.15, 0.2) is 0 Å². The highest BCUT2D eigenvalue weighted by Gasteiger charge is 2.05. The van der Waals surface area contributed by atoms with Gasteiger partial charge in [0.15, 0.2) is 0 Å². The number of hydrogen-bond acceptors (Lipinski definition) is 1. The molecule has 0 rings (SSSR count). The van der Waals surface area contributed by atoms with E-state index in [4.69, 9.17) is 5.26 Å². The molecule has 1 heteroatoms. The summed E-state index contributed by atoms with van der Waals surface area (Å²) in [6, 6.07) is 2.28. The Balaban J connectivity index is 0. The summed E-state index contributed by atoms with van der Waals surface area (Å²) in [6.07, 6.45) is 2.04. The van der Waals surface area contributed by atoms with Gasteiger partial charge >= 0.3 is 0 Å². The summed E-state index contributed by atoms with van der Waals surface area (Å²) < 4.78 is 0. The molecule has 0 radical (unpaired) electrons. The highest BCUT2D eigenvalue weighted by molar-refractivity contribution is 4.81. The molecule has 0 fully saturated rings. The molecule has 0 saturated heterocycles. The van der Waals surface area contributed by atoms with E-state index in [9.17, 15) is 0 Å². The summed E-state index contributed by atoms with van der Waals surface area (Å²) in [5, 5.41) is 8.52. The summed E-state index contributed by atoms with van der Waals surface area (Å²) in [7, 11) is 0. The summed E-state index contributed by atoms with van der Waals surface area (Å²) >= 11 is 0. The Labute approximate surface area is 71.4 Å². The van der Waals surface area contributed by atoms with Gasteiger partial charge in [0, 0.05) is 5.92 Å². The molecule has 0 amide bonds. The summed E-state index contributed by atoms with van der Waals surface area (Å²) in [5.74, 6) is 0.944. The molecule has 0 aliphatic heterocycles. The maximum atomic E-state index is 8.52.